The van der Waals surface area contributed by atoms with E-state index in [0.29, 0.717) is 0 Å². The fourth-order valence-corrected chi connectivity index (χ4v) is 7.03. The van der Waals surface area contributed by atoms with Crippen molar-refractivity contribution in [3.63, 3.8) is 0 Å². The Hall–Kier alpha value is -1.86. The van der Waals surface area contributed by atoms with Crippen molar-refractivity contribution in [2.45, 2.75) is 59.0 Å². The SMILES string of the molecule is CCOC(=O)C(C)P(=O)(c1ccccc1C(C)C)c1ccccc1C(C)C. The zero-order valence-electron chi connectivity index (χ0n) is 17.2. The molecule has 1 atom stereocenters. The molecule has 0 aliphatic carbocycles. The van der Waals surface area contributed by atoms with Gasteiger partial charge in [0.2, 0.25) is 0 Å². The Kier molecular flexibility index (Phi) is 7.06. The van der Waals surface area contributed by atoms with Crippen molar-refractivity contribution in [3.05, 3.63) is 59.7 Å². The van der Waals surface area contributed by atoms with Crippen LogP contribution in [-0.4, -0.2) is 18.2 Å². The van der Waals surface area contributed by atoms with Gasteiger partial charge in [0.25, 0.3) is 0 Å². The minimum atomic E-state index is -3.26. The van der Waals surface area contributed by atoms with Gasteiger partial charge in [-0.15, -0.1) is 0 Å². The molecular formula is C23H31O3P. The molecule has 0 fully saturated rings. The number of carbonyl (C=O) groups is 1. The van der Waals surface area contributed by atoms with Crippen LogP contribution in [0.3, 0.4) is 0 Å². The molecule has 4 heteroatoms. The van der Waals surface area contributed by atoms with E-state index in [2.05, 4.69) is 27.7 Å². The van der Waals surface area contributed by atoms with E-state index in [1.54, 1.807) is 13.8 Å². The summed E-state index contributed by atoms with van der Waals surface area (Å²) < 4.78 is 20.1. The lowest BCUT2D eigenvalue weighted by Gasteiger charge is -2.30. The van der Waals surface area contributed by atoms with Crippen LogP contribution in [0.5, 0.6) is 0 Å². The Bertz CT molecular complexity index is 784. The van der Waals surface area contributed by atoms with Crippen molar-refractivity contribution in [2.24, 2.45) is 0 Å². The first-order chi connectivity index (χ1) is 12.7. The van der Waals surface area contributed by atoms with Crippen LogP contribution in [0.25, 0.3) is 0 Å². The molecular weight excluding hydrogens is 355 g/mol. The van der Waals surface area contributed by atoms with Crippen molar-refractivity contribution in [2.75, 3.05) is 6.61 Å². The number of hydrogen-bond donors (Lipinski definition) is 0. The van der Waals surface area contributed by atoms with E-state index < -0.39 is 18.8 Å². The highest BCUT2D eigenvalue weighted by Crippen LogP contribution is 2.52. The highest BCUT2D eigenvalue weighted by molar-refractivity contribution is 7.80. The van der Waals surface area contributed by atoms with Crippen LogP contribution < -0.4 is 10.6 Å². The zero-order chi connectivity index (χ0) is 20.2. The Morgan fingerprint density at radius 3 is 1.63 bits per heavy atom. The second-order valence-corrected chi connectivity index (χ2v) is 10.6. The van der Waals surface area contributed by atoms with Crippen LogP contribution >= 0.6 is 7.14 Å². The van der Waals surface area contributed by atoms with Gasteiger partial charge >= 0.3 is 5.97 Å². The third-order valence-electron chi connectivity index (χ3n) is 5.01. The Labute approximate surface area is 163 Å². The van der Waals surface area contributed by atoms with Gasteiger partial charge in [0.15, 0.2) is 7.14 Å². The largest absolute Gasteiger partial charge is 0.465 e. The molecule has 0 aliphatic heterocycles. The van der Waals surface area contributed by atoms with Gasteiger partial charge in [0.1, 0.15) is 5.66 Å². The summed E-state index contributed by atoms with van der Waals surface area (Å²) in [4.78, 5) is 12.7. The fraction of sp³-hybridized carbons (Fsp3) is 0.435. The molecule has 27 heavy (non-hydrogen) atoms. The first kappa shape index (κ1) is 21.4. The molecule has 0 amide bonds. The number of esters is 1. The normalized spacial score (nSPS) is 13.0. The molecule has 146 valence electrons. The summed E-state index contributed by atoms with van der Waals surface area (Å²) in [5, 5.41) is 1.54. The van der Waals surface area contributed by atoms with E-state index in [9.17, 15) is 9.36 Å². The van der Waals surface area contributed by atoms with Crippen LogP contribution in [0.2, 0.25) is 0 Å². The van der Waals surface area contributed by atoms with Crippen molar-refractivity contribution in [1.29, 1.82) is 0 Å². The molecule has 0 bridgehead atoms. The number of rotatable bonds is 7. The van der Waals surface area contributed by atoms with Gasteiger partial charge < -0.3 is 9.30 Å². The average molecular weight is 386 g/mol. The molecule has 0 radical (unpaired) electrons. The van der Waals surface area contributed by atoms with E-state index in [1.807, 2.05) is 48.5 Å². The maximum atomic E-state index is 14.8. The van der Waals surface area contributed by atoms with Crippen molar-refractivity contribution in [3.8, 4) is 0 Å². The Balaban J connectivity index is 2.83. The van der Waals surface area contributed by atoms with Crippen molar-refractivity contribution in [1.82, 2.24) is 0 Å². The molecule has 0 spiro atoms. The summed E-state index contributed by atoms with van der Waals surface area (Å²) in [6.45, 7) is 12.2. The van der Waals surface area contributed by atoms with Gasteiger partial charge in [0.05, 0.1) is 6.61 Å². The number of ether oxygens (including phenoxy) is 1. The minimum absolute atomic E-state index is 0.204. The van der Waals surface area contributed by atoms with Gasteiger partial charge in [-0.25, -0.2) is 0 Å². The molecule has 0 aromatic heterocycles. The minimum Gasteiger partial charge on any atom is -0.465 e. The molecule has 3 nitrogen and oxygen atoms in total. The lowest BCUT2D eigenvalue weighted by molar-refractivity contribution is -0.142. The van der Waals surface area contributed by atoms with Crippen molar-refractivity contribution >= 4 is 23.7 Å². The zero-order valence-corrected chi connectivity index (χ0v) is 18.1. The first-order valence-electron chi connectivity index (χ1n) is 9.70. The monoisotopic (exact) mass is 386 g/mol. The summed E-state index contributed by atoms with van der Waals surface area (Å²) in [5.41, 5.74) is 1.31. The lowest BCUT2D eigenvalue weighted by atomic mass is 10.0. The van der Waals surface area contributed by atoms with E-state index in [1.165, 1.54) is 0 Å². The standard InChI is InChI=1S/C23H31O3P/c1-7-26-23(24)18(6)27(25,21-14-10-8-12-19(21)16(2)3)22-15-11-9-13-20(22)17(4)5/h8-18H,7H2,1-6H3. The van der Waals surface area contributed by atoms with Gasteiger partial charge in [-0.2, -0.15) is 0 Å². The predicted octanol–water partition coefficient (Wildman–Crippen LogP) is 5.20. The second-order valence-electron chi connectivity index (χ2n) is 7.51. The van der Waals surface area contributed by atoms with E-state index >= 15 is 0 Å². The summed E-state index contributed by atoms with van der Waals surface area (Å²) >= 11 is 0. The maximum Gasteiger partial charge on any atom is 0.316 e. The summed E-state index contributed by atoms with van der Waals surface area (Å²) in [6.07, 6.45) is 0. The summed E-state index contributed by atoms with van der Waals surface area (Å²) in [6, 6.07) is 15.6. The third kappa shape index (κ3) is 4.19. The molecule has 2 rings (SSSR count). The number of carbonyl (C=O) groups excluding carboxylic acids is 1. The quantitative estimate of drug-likeness (QED) is 0.485. The third-order valence-corrected chi connectivity index (χ3v) is 8.55. The maximum absolute atomic E-state index is 14.8. The fourth-order valence-electron chi connectivity index (χ4n) is 3.51. The molecule has 2 aromatic rings. The van der Waals surface area contributed by atoms with Gasteiger partial charge in [-0.3, -0.25) is 4.79 Å². The van der Waals surface area contributed by atoms with E-state index in [0.717, 1.165) is 21.7 Å². The second kappa shape index (κ2) is 8.89. The Morgan fingerprint density at radius 2 is 1.26 bits per heavy atom. The van der Waals surface area contributed by atoms with Crippen LogP contribution in [-0.2, 0) is 14.1 Å². The van der Waals surface area contributed by atoms with Gasteiger partial charge in [-0.1, -0.05) is 76.2 Å². The molecule has 0 N–H and O–H groups in total. The molecule has 0 saturated carbocycles. The first-order valence-corrected chi connectivity index (χ1v) is 11.5. The van der Waals surface area contributed by atoms with Crippen molar-refractivity contribution < 1.29 is 14.1 Å². The highest BCUT2D eigenvalue weighted by Gasteiger charge is 2.42. The van der Waals surface area contributed by atoms with E-state index in [-0.39, 0.29) is 18.4 Å². The van der Waals surface area contributed by atoms with Gasteiger partial charge in [0, 0.05) is 10.6 Å². The molecule has 0 heterocycles. The van der Waals surface area contributed by atoms with Gasteiger partial charge in [-0.05, 0) is 36.8 Å². The van der Waals surface area contributed by atoms with E-state index in [4.69, 9.17) is 4.74 Å². The predicted molar refractivity (Wildman–Crippen MR) is 114 cm³/mol. The lowest BCUT2D eigenvalue weighted by Crippen LogP contribution is -2.34. The molecule has 0 aliphatic rings. The summed E-state index contributed by atoms with van der Waals surface area (Å²) in [7, 11) is -3.26. The number of benzene rings is 2. The average Bonchev–Trinajstić information content (AvgIpc) is 2.66. The molecule has 1 unspecified atom stereocenters. The van der Waals surface area contributed by atoms with Crippen LogP contribution in [0, 0.1) is 0 Å². The Morgan fingerprint density at radius 1 is 0.852 bits per heavy atom. The van der Waals surface area contributed by atoms with Crippen LogP contribution in [0.1, 0.15) is 64.5 Å². The number of hydrogen-bond acceptors (Lipinski definition) is 3. The van der Waals surface area contributed by atoms with Crippen LogP contribution in [0.15, 0.2) is 48.5 Å². The molecule has 0 saturated heterocycles. The smallest absolute Gasteiger partial charge is 0.316 e. The topological polar surface area (TPSA) is 43.4 Å². The molecule has 2 aromatic carbocycles. The summed E-state index contributed by atoms with van der Waals surface area (Å²) in [5.74, 6) is 0.00298. The highest BCUT2D eigenvalue weighted by atomic mass is 31.2. The van der Waals surface area contributed by atoms with Crippen LogP contribution in [0.4, 0.5) is 0 Å².